The van der Waals surface area contributed by atoms with E-state index in [4.69, 9.17) is 49.5 Å². The molecule has 0 radical (unpaired) electrons. The first kappa shape index (κ1) is 36.7. The Labute approximate surface area is 257 Å². The molecular weight excluding hydrogens is 616 g/mol. The molecular formula is C26H37ClN2O15. The molecule has 2 rings (SSSR count). The molecule has 18 heteroatoms. The average Bonchev–Trinajstić information content (AvgIpc) is 2.87. The van der Waals surface area contributed by atoms with Gasteiger partial charge in [0.1, 0.15) is 43.6 Å². The smallest absolute Gasteiger partial charge is 0.303 e. The number of esters is 5. The van der Waals surface area contributed by atoms with Gasteiger partial charge in [0.25, 0.3) is 0 Å². The molecule has 2 amide bonds. The third-order valence-electron chi connectivity index (χ3n) is 6.12. The number of hydrogen-bond acceptors (Lipinski definition) is 15. The Morgan fingerprint density at radius 1 is 0.568 bits per heavy atom. The Hall–Kier alpha value is -3.54. The van der Waals surface area contributed by atoms with Crippen molar-refractivity contribution in [2.75, 3.05) is 13.2 Å². The lowest BCUT2D eigenvalue weighted by molar-refractivity contribution is -0.314. The third kappa shape index (κ3) is 10.9. The minimum Gasteiger partial charge on any atom is -0.463 e. The van der Waals surface area contributed by atoms with E-state index in [0.29, 0.717) is 0 Å². The first-order chi connectivity index (χ1) is 20.5. The lowest BCUT2D eigenvalue weighted by Gasteiger charge is -2.49. The monoisotopic (exact) mass is 652 g/mol. The summed E-state index contributed by atoms with van der Waals surface area (Å²) in [6.07, 6.45) is -9.87. The fraction of sp³-hybridized carbons (Fsp3) is 0.731. The second kappa shape index (κ2) is 16.5. The van der Waals surface area contributed by atoms with Crippen LogP contribution in [0.3, 0.4) is 0 Å². The largest absolute Gasteiger partial charge is 0.463 e. The molecule has 0 aromatic rings. The van der Waals surface area contributed by atoms with Gasteiger partial charge in [0.15, 0.2) is 30.2 Å². The van der Waals surface area contributed by atoms with Crippen LogP contribution in [0.25, 0.3) is 0 Å². The van der Waals surface area contributed by atoms with Crippen LogP contribution >= 0.6 is 11.6 Å². The predicted octanol–water partition coefficient (Wildman–Crippen LogP) is -1.01. The van der Waals surface area contributed by atoms with Crippen LogP contribution in [0.5, 0.6) is 0 Å². The Morgan fingerprint density at radius 3 is 1.41 bits per heavy atom. The van der Waals surface area contributed by atoms with Gasteiger partial charge in [-0.05, 0) is 0 Å². The fourth-order valence-electron chi connectivity index (χ4n) is 4.67. The van der Waals surface area contributed by atoms with Gasteiger partial charge in [-0.3, -0.25) is 33.6 Å². The zero-order valence-electron chi connectivity index (χ0n) is 25.2. The first-order valence-corrected chi connectivity index (χ1v) is 13.9. The molecule has 2 N–H and O–H groups in total. The molecule has 10 atom stereocenters. The van der Waals surface area contributed by atoms with Gasteiger partial charge in [0, 0.05) is 48.5 Å². The van der Waals surface area contributed by atoms with Crippen molar-refractivity contribution in [1.82, 2.24) is 10.6 Å². The van der Waals surface area contributed by atoms with Crippen molar-refractivity contribution in [3.05, 3.63) is 0 Å². The summed E-state index contributed by atoms with van der Waals surface area (Å²) in [5.74, 6) is -5.08. The summed E-state index contributed by atoms with van der Waals surface area (Å²) < 4.78 is 44.6. The number of alkyl halides is 1. The highest BCUT2D eigenvalue weighted by Crippen LogP contribution is 2.34. The second-order valence-corrected chi connectivity index (χ2v) is 10.4. The van der Waals surface area contributed by atoms with Gasteiger partial charge in [-0.25, -0.2) is 0 Å². The van der Waals surface area contributed by atoms with Crippen molar-refractivity contribution < 1.29 is 71.5 Å². The second-order valence-electron chi connectivity index (χ2n) is 9.95. The number of nitrogens with one attached hydrogen (secondary N) is 2. The number of ether oxygens (including phenoxy) is 8. The van der Waals surface area contributed by atoms with E-state index >= 15 is 0 Å². The van der Waals surface area contributed by atoms with Crippen molar-refractivity contribution in [3.8, 4) is 0 Å². The quantitative estimate of drug-likeness (QED) is 0.155. The van der Waals surface area contributed by atoms with Crippen LogP contribution in [0.15, 0.2) is 0 Å². The predicted molar refractivity (Wildman–Crippen MR) is 143 cm³/mol. The molecule has 0 aromatic heterocycles. The number of hydrogen-bond donors (Lipinski definition) is 2. The lowest BCUT2D eigenvalue weighted by atomic mass is 9.94. The van der Waals surface area contributed by atoms with Gasteiger partial charge in [-0.2, -0.15) is 0 Å². The zero-order valence-corrected chi connectivity index (χ0v) is 25.9. The molecule has 2 saturated heterocycles. The van der Waals surface area contributed by atoms with Crippen LogP contribution in [0.2, 0.25) is 0 Å². The van der Waals surface area contributed by atoms with Gasteiger partial charge in [0.05, 0.1) is 0 Å². The summed E-state index contributed by atoms with van der Waals surface area (Å²) in [7, 11) is 0. The van der Waals surface area contributed by atoms with Gasteiger partial charge in [0.2, 0.25) is 11.8 Å². The highest BCUT2D eigenvalue weighted by molar-refractivity contribution is 6.20. The topological polar surface area (TPSA) is 217 Å². The van der Waals surface area contributed by atoms with Crippen molar-refractivity contribution in [3.63, 3.8) is 0 Å². The molecule has 44 heavy (non-hydrogen) atoms. The molecule has 17 nitrogen and oxygen atoms in total. The van der Waals surface area contributed by atoms with Crippen LogP contribution in [0, 0.1) is 0 Å². The van der Waals surface area contributed by atoms with Crippen LogP contribution in [-0.2, 0) is 71.5 Å². The molecule has 0 aliphatic carbocycles. The van der Waals surface area contributed by atoms with E-state index < -0.39 is 115 Å². The molecule has 0 saturated carbocycles. The van der Waals surface area contributed by atoms with Gasteiger partial charge < -0.3 is 48.5 Å². The van der Waals surface area contributed by atoms with Crippen molar-refractivity contribution in [1.29, 1.82) is 0 Å². The standard InChI is InChI=1S/C26H37ClN2O15/c1-10(30)28-19-23(40-15(6)35)22(17(42-25(19)27)8-37-12(3)32)44-26-20(29-11(2)31)24(41-16(7)36)21(39-14(5)34)18(43-26)9-38-13(4)33/h17-26H,8-9H2,1-7H3,(H,28,30)(H,29,31)/t17-,18-,19+,20+,21-,22-,23-,24-,25+,26+/m1/s1. The Bertz CT molecular complexity index is 1100. The minimum atomic E-state index is -1.62. The van der Waals surface area contributed by atoms with Gasteiger partial charge >= 0.3 is 29.8 Å². The summed E-state index contributed by atoms with van der Waals surface area (Å²) in [4.78, 5) is 84.0. The van der Waals surface area contributed by atoms with Crippen molar-refractivity contribution in [2.24, 2.45) is 0 Å². The molecule has 0 aromatic carbocycles. The number of amides is 2. The fourth-order valence-corrected chi connectivity index (χ4v) is 5.01. The van der Waals surface area contributed by atoms with Crippen molar-refractivity contribution >= 4 is 53.3 Å². The van der Waals surface area contributed by atoms with E-state index in [0.717, 1.165) is 41.5 Å². The van der Waals surface area contributed by atoms with Gasteiger partial charge in [-0.1, -0.05) is 11.6 Å². The van der Waals surface area contributed by atoms with Crippen LogP contribution in [-0.4, -0.2) is 115 Å². The molecule has 2 aliphatic rings. The molecule has 2 fully saturated rings. The van der Waals surface area contributed by atoms with E-state index in [1.807, 2.05) is 0 Å². The summed E-state index contributed by atoms with van der Waals surface area (Å²) in [6, 6.07) is -2.59. The summed E-state index contributed by atoms with van der Waals surface area (Å²) in [5, 5.41) is 5.08. The Morgan fingerprint density at radius 2 is 0.977 bits per heavy atom. The van der Waals surface area contributed by atoms with Crippen LogP contribution < -0.4 is 10.6 Å². The maximum absolute atomic E-state index is 12.3. The van der Waals surface area contributed by atoms with E-state index in [1.165, 1.54) is 6.92 Å². The highest BCUT2D eigenvalue weighted by atomic mass is 35.5. The number of rotatable bonds is 11. The van der Waals surface area contributed by atoms with Crippen molar-refractivity contribution in [2.45, 2.75) is 109 Å². The van der Waals surface area contributed by atoms with Crippen LogP contribution in [0.1, 0.15) is 48.5 Å². The summed E-state index contributed by atoms with van der Waals surface area (Å²) >= 11 is 6.40. The maximum Gasteiger partial charge on any atom is 0.303 e. The number of carbonyl (C=O) groups excluding carboxylic acids is 7. The number of halogens is 1. The Kier molecular flexibility index (Phi) is 13.8. The molecule has 0 bridgehead atoms. The maximum atomic E-state index is 12.3. The van der Waals surface area contributed by atoms with Crippen LogP contribution in [0.4, 0.5) is 0 Å². The molecule has 2 aliphatic heterocycles. The third-order valence-corrected chi connectivity index (χ3v) is 6.49. The van der Waals surface area contributed by atoms with E-state index in [2.05, 4.69) is 10.6 Å². The summed E-state index contributed by atoms with van der Waals surface area (Å²) in [5.41, 5.74) is -1.30. The summed E-state index contributed by atoms with van der Waals surface area (Å²) in [6.45, 7) is 6.85. The molecule has 0 unspecified atom stereocenters. The SMILES string of the molecule is CC(=O)N[C@@H]1[C@H](O[C@H]2[C@H](OC(C)=O)[C@H](NC(C)=O)[C@@H](Cl)O[C@@H]2COC(C)=O)O[C@H](COC(C)=O)[C@@H](OC(C)=O)[C@@H]1OC(C)=O. The lowest BCUT2D eigenvalue weighted by Crippen LogP contribution is -2.70. The van der Waals surface area contributed by atoms with Gasteiger partial charge in [-0.15, -0.1) is 0 Å². The highest BCUT2D eigenvalue weighted by Gasteiger charge is 2.55. The molecule has 248 valence electrons. The number of carbonyl (C=O) groups is 7. The first-order valence-electron chi connectivity index (χ1n) is 13.4. The minimum absolute atomic E-state index is 0.467. The zero-order chi connectivity index (χ0) is 33.3. The molecule has 2 heterocycles. The van der Waals surface area contributed by atoms with E-state index in [9.17, 15) is 33.6 Å². The van der Waals surface area contributed by atoms with E-state index in [-0.39, 0.29) is 0 Å². The molecule has 0 spiro atoms. The normalized spacial score (nSPS) is 31.5. The Balaban J connectivity index is 2.66. The average molecular weight is 653 g/mol. The van der Waals surface area contributed by atoms with E-state index in [1.54, 1.807) is 0 Å².